The zero-order valence-electron chi connectivity index (χ0n) is 7.61. The number of carbonyl (C=O) groups excluding carboxylic acids is 2. The molecule has 0 atom stereocenters. The highest BCUT2D eigenvalue weighted by Gasteiger charge is 1.97. The highest BCUT2D eigenvalue weighted by Crippen LogP contribution is 1.84. The average molecular weight is 253 g/mol. The first-order valence-corrected chi connectivity index (χ1v) is 3.72. The summed E-state index contributed by atoms with van der Waals surface area (Å²) in [5, 5.41) is 0. The van der Waals surface area contributed by atoms with Gasteiger partial charge in [0.2, 0.25) is 0 Å². The lowest BCUT2D eigenvalue weighted by molar-refractivity contribution is -0.140. The highest BCUT2D eigenvalue weighted by molar-refractivity contribution is 8.93. The molecule has 0 radical (unpaired) electrons. The average Bonchev–Trinajstić information content (AvgIpc) is 2.02. The van der Waals surface area contributed by atoms with Crippen LogP contribution >= 0.6 is 17.0 Å². The fourth-order valence-electron chi connectivity index (χ4n) is 0.517. The summed E-state index contributed by atoms with van der Waals surface area (Å²) < 4.78 is 9.07. The molecule has 5 heteroatoms. The van der Waals surface area contributed by atoms with Crippen molar-refractivity contribution in [3.63, 3.8) is 0 Å². The molecule has 0 spiro atoms. The Morgan fingerprint density at radius 3 is 1.54 bits per heavy atom. The van der Waals surface area contributed by atoms with Gasteiger partial charge in [-0.05, 0) is 13.8 Å². The van der Waals surface area contributed by atoms with E-state index in [4.69, 9.17) is 0 Å². The predicted octanol–water partition coefficient (Wildman–Crippen LogP) is 1.25. The molecule has 0 aromatic rings. The minimum atomic E-state index is -0.537. The van der Waals surface area contributed by atoms with Crippen molar-refractivity contribution in [2.24, 2.45) is 0 Å². The van der Waals surface area contributed by atoms with Gasteiger partial charge in [0.05, 0.1) is 13.2 Å². The summed E-state index contributed by atoms with van der Waals surface area (Å²) in [6, 6.07) is 0. The fraction of sp³-hybridized carbons (Fsp3) is 0.500. The van der Waals surface area contributed by atoms with Crippen LogP contribution in [-0.2, 0) is 19.1 Å². The third-order valence-electron chi connectivity index (χ3n) is 0.929. The van der Waals surface area contributed by atoms with E-state index < -0.39 is 11.9 Å². The van der Waals surface area contributed by atoms with Crippen LogP contribution in [0.25, 0.3) is 0 Å². The quantitative estimate of drug-likeness (QED) is 0.558. The molecular formula is C8H13BrO4. The van der Waals surface area contributed by atoms with Crippen LogP contribution in [0.5, 0.6) is 0 Å². The molecule has 0 unspecified atom stereocenters. The molecule has 4 nitrogen and oxygen atoms in total. The molecular weight excluding hydrogens is 240 g/mol. The Kier molecular flexibility index (Phi) is 10.4. The van der Waals surface area contributed by atoms with Gasteiger partial charge in [0.25, 0.3) is 0 Å². The van der Waals surface area contributed by atoms with Crippen molar-refractivity contribution >= 4 is 28.9 Å². The molecule has 0 aliphatic heterocycles. The minimum absolute atomic E-state index is 0. The third kappa shape index (κ3) is 9.07. The fourth-order valence-corrected chi connectivity index (χ4v) is 0.517. The van der Waals surface area contributed by atoms with E-state index in [0.29, 0.717) is 13.2 Å². The van der Waals surface area contributed by atoms with Crippen LogP contribution in [-0.4, -0.2) is 25.2 Å². The van der Waals surface area contributed by atoms with Crippen LogP contribution in [0.15, 0.2) is 12.2 Å². The maximum Gasteiger partial charge on any atom is 0.330 e. The molecule has 0 N–H and O–H groups in total. The van der Waals surface area contributed by atoms with Gasteiger partial charge in [-0.25, -0.2) is 9.59 Å². The van der Waals surface area contributed by atoms with E-state index in [9.17, 15) is 9.59 Å². The molecule has 0 rings (SSSR count). The molecule has 0 aliphatic rings. The van der Waals surface area contributed by atoms with Crippen molar-refractivity contribution in [3.05, 3.63) is 12.2 Å². The maximum absolute atomic E-state index is 10.6. The van der Waals surface area contributed by atoms with E-state index in [2.05, 4.69) is 9.47 Å². The first-order chi connectivity index (χ1) is 5.70. The second kappa shape index (κ2) is 9.25. The van der Waals surface area contributed by atoms with Gasteiger partial charge >= 0.3 is 11.9 Å². The van der Waals surface area contributed by atoms with Gasteiger partial charge in [-0.2, -0.15) is 0 Å². The predicted molar refractivity (Wildman–Crippen MR) is 52.7 cm³/mol. The molecule has 0 bridgehead atoms. The Labute approximate surface area is 87.7 Å². The largest absolute Gasteiger partial charge is 0.463 e. The van der Waals surface area contributed by atoms with Crippen molar-refractivity contribution < 1.29 is 19.1 Å². The number of carbonyl (C=O) groups is 2. The summed E-state index contributed by atoms with van der Waals surface area (Å²) >= 11 is 0. The topological polar surface area (TPSA) is 52.6 Å². The van der Waals surface area contributed by atoms with Crippen LogP contribution < -0.4 is 0 Å². The number of ether oxygens (including phenoxy) is 2. The smallest absolute Gasteiger partial charge is 0.330 e. The van der Waals surface area contributed by atoms with Crippen molar-refractivity contribution in [1.82, 2.24) is 0 Å². The first kappa shape index (κ1) is 14.7. The summed E-state index contributed by atoms with van der Waals surface area (Å²) in [7, 11) is 0. The van der Waals surface area contributed by atoms with Gasteiger partial charge in [-0.3, -0.25) is 0 Å². The normalized spacial score (nSPS) is 9.08. The summed E-state index contributed by atoms with van der Waals surface area (Å²) in [6.45, 7) is 3.98. The lowest BCUT2D eigenvalue weighted by Gasteiger charge is -1.95. The molecule has 0 aromatic carbocycles. The molecule has 76 valence electrons. The molecule has 13 heavy (non-hydrogen) atoms. The summed E-state index contributed by atoms with van der Waals surface area (Å²) in [5.74, 6) is -1.07. The summed E-state index contributed by atoms with van der Waals surface area (Å²) in [6.07, 6.45) is 2.09. The van der Waals surface area contributed by atoms with E-state index in [-0.39, 0.29) is 17.0 Å². The Bertz CT molecular complexity index is 169. The highest BCUT2D eigenvalue weighted by atomic mass is 79.9. The van der Waals surface area contributed by atoms with Crippen molar-refractivity contribution in [1.29, 1.82) is 0 Å². The number of hydrogen-bond donors (Lipinski definition) is 0. The number of rotatable bonds is 4. The number of esters is 2. The molecule has 0 heterocycles. The van der Waals surface area contributed by atoms with Gasteiger partial charge < -0.3 is 9.47 Å². The lowest BCUT2D eigenvalue weighted by Crippen LogP contribution is -2.03. The first-order valence-electron chi connectivity index (χ1n) is 3.72. The van der Waals surface area contributed by atoms with Crippen LogP contribution in [0.1, 0.15) is 13.8 Å². The number of hydrogen-bond acceptors (Lipinski definition) is 4. The van der Waals surface area contributed by atoms with E-state index in [1.807, 2.05) is 0 Å². The third-order valence-corrected chi connectivity index (χ3v) is 0.929. The van der Waals surface area contributed by atoms with Crippen molar-refractivity contribution in [2.45, 2.75) is 13.8 Å². The monoisotopic (exact) mass is 252 g/mol. The lowest BCUT2D eigenvalue weighted by atomic mass is 10.5. The Morgan fingerprint density at radius 2 is 1.31 bits per heavy atom. The van der Waals surface area contributed by atoms with Crippen molar-refractivity contribution in [3.8, 4) is 0 Å². The molecule has 0 aromatic heterocycles. The molecule has 0 fully saturated rings. The van der Waals surface area contributed by atoms with Crippen LogP contribution in [0.3, 0.4) is 0 Å². The van der Waals surface area contributed by atoms with E-state index >= 15 is 0 Å². The molecule has 0 saturated carbocycles. The summed E-state index contributed by atoms with van der Waals surface area (Å²) in [5.41, 5.74) is 0. The molecule has 0 amide bonds. The number of halogens is 1. The van der Waals surface area contributed by atoms with Crippen LogP contribution in [0, 0.1) is 0 Å². The van der Waals surface area contributed by atoms with Gasteiger partial charge in [0.15, 0.2) is 0 Å². The minimum Gasteiger partial charge on any atom is -0.463 e. The van der Waals surface area contributed by atoms with E-state index in [0.717, 1.165) is 12.2 Å². The zero-order chi connectivity index (χ0) is 9.40. The van der Waals surface area contributed by atoms with Crippen molar-refractivity contribution in [2.75, 3.05) is 13.2 Å². The second-order valence-corrected chi connectivity index (χ2v) is 1.84. The van der Waals surface area contributed by atoms with E-state index in [1.165, 1.54) is 0 Å². The van der Waals surface area contributed by atoms with Gasteiger partial charge in [-0.1, -0.05) is 0 Å². The maximum atomic E-state index is 10.6. The summed E-state index contributed by atoms with van der Waals surface area (Å²) in [4.78, 5) is 21.3. The van der Waals surface area contributed by atoms with Gasteiger partial charge in [0, 0.05) is 12.2 Å². The molecule has 0 aliphatic carbocycles. The Morgan fingerprint density at radius 1 is 1.00 bits per heavy atom. The molecule has 0 saturated heterocycles. The van der Waals surface area contributed by atoms with Gasteiger partial charge in [0.1, 0.15) is 0 Å². The van der Waals surface area contributed by atoms with Crippen LogP contribution in [0.2, 0.25) is 0 Å². The standard InChI is InChI=1S/C8H12O4.BrH/c1-3-11-7(9)5-6-8(10)12-4-2;/h5-6H,3-4H2,1-2H3;1H/b6-5-;. The Balaban J connectivity index is 0. The van der Waals surface area contributed by atoms with E-state index in [1.54, 1.807) is 13.8 Å². The second-order valence-electron chi connectivity index (χ2n) is 1.84. The SMILES string of the molecule is Br.CCOC(=O)/C=C\C(=O)OCC. The van der Waals surface area contributed by atoms with Crippen LogP contribution in [0.4, 0.5) is 0 Å². The Hall–Kier alpha value is -0.840. The van der Waals surface area contributed by atoms with Gasteiger partial charge in [-0.15, -0.1) is 17.0 Å². The zero-order valence-corrected chi connectivity index (χ0v) is 9.32.